The van der Waals surface area contributed by atoms with Gasteiger partial charge in [-0.05, 0) is 51.3 Å². The second kappa shape index (κ2) is 7.62. The molecule has 3 saturated heterocycles. The zero-order valence-electron chi connectivity index (χ0n) is 15.8. The number of hydrogen-bond acceptors (Lipinski definition) is 3. The number of nitrogens with one attached hydrogen (secondary N) is 2. The highest BCUT2D eigenvalue weighted by atomic mass is 19.1. The van der Waals surface area contributed by atoms with E-state index in [1.54, 1.807) is 4.90 Å². The van der Waals surface area contributed by atoms with Crippen LogP contribution in [0.15, 0.2) is 18.2 Å². The number of amides is 2. The summed E-state index contributed by atoms with van der Waals surface area (Å²) in [5, 5.41) is 6.12. The second-order valence-electron chi connectivity index (χ2n) is 8.19. The lowest BCUT2D eigenvalue weighted by atomic mass is 9.82. The van der Waals surface area contributed by atoms with Crippen LogP contribution in [-0.4, -0.2) is 55.2 Å². The minimum Gasteiger partial charge on any atom is -0.365 e. The van der Waals surface area contributed by atoms with Gasteiger partial charge in [0.2, 0.25) is 0 Å². The number of para-hydroxylation sites is 1. The molecular formula is C20H28F2N4O. The van der Waals surface area contributed by atoms with Crippen LogP contribution in [0.1, 0.15) is 38.5 Å². The third kappa shape index (κ3) is 3.88. The van der Waals surface area contributed by atoms with E-state index >= 15 is 0 Å². The second-order valence-corrected chi connectivity index (χ2v) is 8.19. The Balaban J connectivity index is 1.29. The highest BCUT2D eigenvalue weighted by molar-refractivity contribution is 5.74. The van der Waals surface area contributed by atoms with Gasteiger partial charge in [0, 0.05) is 37.3 Å². The standard InChI is InChI=1S/C20H28F2N4O/c1-25-15-4-2-5-16(25)11-14(10-15)24-20(27)23-13-8-9-26(12-13)19-17(21)6-3-7-18(19)22/h3,6-7,13-16H,2,4-5,8-12H2,1H3,(H2,23,24,27). The Labute approximate surface area is 159 Å². The Morgan fingerprint density at radius 3 is 2.33 bits per heavy atom. The van der Waals surface area contributed by atoms with Crippen LogP contribution in [0.3, 0.4) is 0 Å². The van der Waals surface area contributed by atoms with Crippen LogP contribution < -0.4 is 15.5 Å². The van der Waals surface area contributed by atoms with Gasteiger partial charge < -0.3 is 20.4 Å². The van der Waals surface area contributed by atoms with Crippen LogP contribution in [0.2, 0.25) is 0 Å². The van der Waals surface area contributed by atoms with E-state index in [9.17, 15) is 13.6 Å². The molecule has 3 heterocycles. The van der Waals surface area contributed by atoms with Crippen molar-refractivity contribution in [1.29, 1.82) is 0 Å². The molecule has 2 bridgehead atoms. The smallest absolute Gasteiger partial charge is 0.315 e. The van der Waals surface area contributed by atoms with Gasteiger partial charge in [-0.25, -0.2) is 13.6 Å². The zero-order chi connectivity index (χ0) is 19.0. The number of carbonyl (C=O) groups is 1. The summed E-state index contributed by atoms with van der Waals surface area (Å²) in [6.45, 7) is 0.950. The molecule has 0 saturated carbocycles. The Morgan fingerprint density at radius 1 is 1.04 bits per heavy atom. The molecule has 4 rings (SSSR count). The third-order valence-corrected chi connectivity index (χ3v) is 6.45. The summed E-state index contributed by atoms with van der Waals surface area (Å²) in [7, 11) is 2.19. The van der Waals surface area contributed by atoms with E-state index < -0.39 is 11.6 Å². The maximum Gasteiger partial charge on any atom is 0.315 e. The maximum absolute atomic E-state index is 14.0. The summed E-state index contributed by atoms with van der Waals surface area (Å²) in [5.74, 6) is -1.11. The average molecular weight is 378 g/mol. The van der Waals surface area contributed by atoms with Crippen LogP contribution in [-0.2, 0) is 0 Å². The van der Waals surface area contributed by atoms with Gasteiger partial charge in [-0.15, -0.1) is 0 Å². The van der Waals surface area contributed by atoms with Gasteiger partial charge in [-0.3, -0.25) is 0 Å². The molecule has 3 unspecified atom stereocenters. The predicted molar refractivity (Wildman–Crippen MR) is 101 cm³/mol. The molecule has 3 atom stereocenters. The van der Waals surface area contributed by atoms with Gasteiger partial charge in [-0.2, -0.15) is 0 Å². The molecule has 2 N–H and O–H groups in total. The Kier molecular flexibility index (Phi) is 5.21. The third-order valence-electron chi connectivity index (χ3n) is 6.45. The molecule has 1 aromatic rings. The van der Waals surface area contributed by atoms with Crippen molar-refractivity contribution in [2.45, 2.75) is 62.7 Å². The lowest BCUT2D eigenvalue weighted by Crippen LogP contribution is -2.57. The molecule has 1 aromatic carbocycles. The van der Waals surface area contributed by atoms with Crippen LogP contribution >= 0.6 is 0 Å². The van der Waals surface area contributed by atoms with Crippen molar-refractivity contribution in [3.05, 3.63) is 29.8 Å². The van der Waals surface area contributed by atoms with E-state index in [1.165, 1.54) is 37.5 Å². The lowest BCUT2D eigenvalue weighted by molar-refractivity contribution is 0.0508. The minimum atomic E-state index is -0.557. The van der Waals surface area contributed by atoms with Gasteiger partial charge in [0.15, 0.2) is 0 Å². The predicted octanol–water partition coefficient (Wildman–Crippen LogP) is 2.86. The number of fused-ring (bicyclic) bond motifs is 2. The largest absolute Gasteiger partial charge is 0.365 e. The molecule has 3 aliphatic rings. The van der Waals surface area contributed by atoms with Crippen LogP contribution in [0, 0.1) is 11.6 Å². The first-order valence-electron chi connectivity index (χ1n) is 9.99. The van der Waals surface area contributed by atoms with Gasteiger partial charge in [0.05, 0.1) is 0 Å². The molecule has 27 heavy (non-hydrogen) atoms. The Hall–Kier alpha value is -1.89. The fraction of sp³-hybridized carbons (Fsp3) is 0.650. The first kappa shape index (κ1) is 18.5. The SMILES string of the molecule is CN1C2CCCC1CC(NC(=O)NC1CCN(c3c(F)cccc3F)C1)C2. The van der Waals surface area contributed by atoms with Crippen molar-refractivity contribution in [3.63, 3.8) is 0 Å². The van der Waals surface area contributed by atoms with Gasteiger partial charge in [-0.1, -0.05) is 12.5 Å². The Morgan fingerprint density at radius 2 is 1.67 bits per heavy atom. The number of anilines is 1. The first-order valence-corrected chi connectivity index (χ1v) is 9.99. The fourth-order valence-electron chi connectivity index (χ4n) is 5.02. The fourth-order valence-corrected chi connectivity index (χ4v) is 5.02. The van der Waals surface area contributed by atoms with Crippen molar-refractivity contribution in [2.75, 3.05) is 25.0 Å². The molecular weight excluding hydrogens is 350 g/mol. The van der Waals surface area contributed by atoms with Crippen molar-refractivity contribution < 1.29 is 13.6 Å². The number of hydrogen-bond donors (Lipinski definition) is 2. The molecule has 0 aliphatic carbocycles. The highest BCUT2D eigenvalue weighted by Crippen LogP contribution is 2.32. The summed E-state index contributed by atoms with van der Waals surface area (Å²) >= 11 is 0. The van der Waals surface area contributed by atoms with Crippen molar-refractivity contribution in [3.8, 4) is 0 Å². The molecule has 0 aromatic heterocycles. The van der Waals surface area contributed by atoms with Crippen molar-refractivity contribution in [1.82, 2.24) is 15.5 Å². The van der Waals surface area contributed by atoms with E-state index in [-0.39, 0.29) is 23.8 Å². The van der Waals surface area contributed by atoms with Crippen LogP contribution in [0.5, 0.6) is 0 Å². The zero-order valence-corrected chi connectivity index (χ0v) is 15.8. The monoisotopic (exact) mass is 378 g/mol. The molecule has 0 spiro atoms. The highest BCUT2D eigenvalue weighted by Gasteiger charge is 2.37. The number of piperidine rings is 2. The van der Waals surface area contributed by atoms with Crippen molar-refractivity contribution in [2.24, 2.45) is 0 Å². The normalized spacial score (nSPS) is 31.0. The average Bonchev–Trinajstić information content (AvgIpc) is 3.03. The van der Waals surface area contributed by atoms with Gasteiger partial charge in [0.1, 0.15) is 17.3 Å². The molecule has 7 heteroatoms. The maximum atomic E-state index is 14.0. The molecule has 2 amide bonds. The summed E-state index contributed by atoms with van der Waals surface area (Å²) in [4.78, 5) is 16.6. The summed E-state index contributed by atoms with van der Waals surface area (Å²) < 4.78 is 27.9. The van der Waals surface area contributed by atoms with Gasteiger partial charge >= 0.3 is 6.03 Å². The number of urea groups is 1. The van der Waals surface area contributed by atoms with Gasteiger partial charge in [0.25, 0.3) is 0 Å². The number of halogens is 2. The number of nitrogens with zero attached hydrogens (tertiary/aromatic N) is 2. The van der Waals surface area contributed by atoms with E-state index in [4.69, 9.17) is 0 Å². The van der Waals surface area contributed by atoms with E-state index in [2.05, 4.69) is 22.6 Å². The lowest BCUT2D eigenvalue weighted by Gasteiger charge is -2.47. The molecule has 3 aliphatic heterocycles. The van der Waals surface area contributed by atoms with E-state index in [0.717, 1.165) is 12.8 Å². The number of benzene rings is 1. The van der Waals surface area contributed by atoms with E-state index in [1.807, 2.05) is 0 Å². The first-order chi connectivity index (χ1) is 13.0. The van der Waals surface area contributed by atoms with Crippen LogP contribution in [0.25, 0.3) is 0 Å². The quantitative estimate of drug-likeness (QED) is 0.850. The molecule has 148 valence electrons. The number of carbonyl (C=O) groups excluding carboxylic acids is 1. The number of rotatable bonds is 3. The van der Waals surface area contributed by atoms with E-state index in [0.29, 0.717) is 31.6 Å². The molecule has 3 fully saturated rings. The van der Waals surface area contributed by atoms with Crippen molar-refractivity contribution >= 4 is 11.7 Å². The Bertz CT molecular complexity index is 666. The summed E-state index contributed by atoms with van der Waals surface area (Å²) in [5.41, 5.74) is 0.00495. The minimum absolute atomic E-state index is 0.00495. The summed E-state index contributed by atoms with van der Waals surface area (Å²) in [6.07, 6.45) is 6.37. The topological polar surface area (TPSA) is 47.6 Å². The molecule has 5 nitrogen and oxygen atoms in total. The van der Waals surface area contributed by atoms with Crippen LogP contribution in [0.4, 0.5) is 19.3 Å². The summed E-state index contributed by atoms with van der Waals surface area (Å²) in [6, 6.07) is 4.97. The molecule has 0 radical (unpaired) electrons.